The van der Waals surface area contributed by atoms with Gasteiger partial charge in [-0.05, 0) is 37.8 Å². The Labute approximate surface area is 128 Å². The summed E-state index contributed by atoms with van der Waals surface area (Å²) in [5.41, 5.74) is 0.836. The molecular formula is C17H28N2O2. The number of carbonyl (C=O) groups excluding carboxylic acids is 1. The third-order valence-corrected chi connectivity index (χ3v) is 3.33. The molecule has 0 spiro atoms. The molecule has 0 aliphatic carbocycles. The van der Waals surface area contributed by atoms with Crippen LogP contribution in [0.2, 0.25) is 0 Å². The fraction of sp³-hybridized carbons (Fsp3) is 0.588. The molecule has 0 heterocycles. The Morgan fingerprint density at radius 1 is 1.24 bits per heavy atom. The van der Waals surface area contributed by atoms with Crippen molar-refractivity contribution in [2.45, 2.75) is 52.7 Å². The average molecular weight is 292 g/mol. The predicted molar refractivity (Wildman–Crippen MR) is 87.2 cm³/mol. The van der Waals surface area contributed by atoms with Crippen molar-refractivity contribution in [3.05, 3.63) is 30.3 Å². The van der Waals surface area contributed by atoms with Gasteiger partial charge in [-0.2, -0.15) is 0 Å². The third-order valence-electron chi connectivity index (χ3n) is 3.33. The van der Waals surface area contributed by atoms with Crippen molar-refractivity contribution in [1.82, 2.24) is 5.32 Å². The molecule has 3 N–H and O–H groups in total. The van der Waals surface area contributed by atoms with Gasteiger partial charge in [-0.25, -0.2) is 0 Å². The zero-order valence-electron chi connectivity index (χ0n) is 13.5. The zero-order chi connectivity index (χ0) is 15.9. The minimum Gasteiger partial charge on any atom is -0.393 e. The molecule has 0 saturated heterocycles. The van der Waals surface area contributed by atoms with Crippen molar-refractivity contribution < 1.29 is 9.90 Å². The van der Waals surface area contributed by atoms with Crippen molar-refractivity contribution in [1.29, 1.82) is 0 Å². The van der Waals surface area contributed by atoms with E-state index in [0.717, 1.165) is 18.7 Å². The number of carbonyl (C=O) groups is 1. The van der Waals surface area contributed by atoms with Crippen LogP contribution in [0.4, 0.5) is 5.69 Å². The normalized spacial score (nSPS) is 14.5. The molecule has 0 fully saturated rings. The van der Waals surface area contributed by atoms with Crippen LogP contribution in [0.1, 0.15) is 40.5 Å². The largest absolute Gasteiger partial charge is 0.393 e. The van der Waals surface area contributed by atoms with Crippen molar-refractivity contribution in [3.8, 4) is 0 Å². The lowest BCUT2D eigenvalue weighted by Crippen LogP contribution is -2.38. The maximum atomic E-state index is 11.9. The maximum absolute atomic E-state index is 11.9. The summed E-state index contributed by atoms with van der Waals surface area (Å²) in [4.78, 5) is 11.9. The second kappa shape index (κ2) is 8.15. The van der Waals surface area contributed by atoms with Gasteiger partial charge in [-0.15, -0.1) is 0 Å². The summed E-state index contributed by atoms with van der Waals surface area (Å²) in [5.74, 6) is 0.00883. The number of nitrogens with one attached hydrogen (secondary N) is 2. The fourth-order valence-electron chi connectivity index (χ4n) is 2.41. The molecule has 21 heavy (non-hydrogen) atoms. The number of hydrogen-bond donors (Lipinski definition) is 3. The van der Waals surface area contributed by atoms with E-state index < -0.39 is 0 Å². The van der Waals surface area contributed by atoms with Crippen molar-refractivity contribution in [2.24, 2.45) is 5.41 Å². The van der Waals surface area contributed by atoms with E-state index in [9.17, 15) is 9.90 Å². The minimum atomic E-state index is -0.307. The van der Waals surface area contributed by atoms with E-state index in [1.54, 1.807) is 6.92 Å². The molecule has 2 atom stereocenters. The molecule has 1 rings (SSSR count). The van der Waals surface area contributed by atoms with Gasteiger partial charge in [-0.1, -0.05) is 32.0 Å². The van der Waals surface area contributed by atoms with Crippen LogP contribution in [0.5, 0.6) is 0 Å². The molecule has 2 unspecified atom stereocenters. The van der Waals surface area contributed by atoms with E-state index in [0.29, 0.717) is 6.42 Å². The Kier molecular flexibility index (Phi) is 6.85. The first-order valence-electron chi connectivity index (χ1n) is 7.55. The first-order valence-corrected chi connectivity index (χ1v) is 7.55. The first-order chi connectivity index (χ1) is 9.78. The molecule has 1 amide bonds. The fourth-order valence-corrected chi connectivity index (χ4v) is 2.41. The van der Waals surface area contributed by atoms with E-state index in [1.807, 2.05) is 37.3 Å². The summed E-state index contributed by atoms with van der Waals surface area (Å²) in [5, 5.41) is 15.7. The smallest absolute Gasteiger partial charge is 0.225 e. The van der Waals surface area contributed by atoms with E-state index in [1.165, 1.54) is 0 Å². The highest BCUT2D eigenvalue weighted by Crippen LogP contribution is 2.21. The van der Waals surface area contributed by atoms with Crippen LogP contribution in [-0.2, 0) is 4.79 Å². The van der Waals surface area contributed by atoms with Crippen LogP contribution in [0.3, 0.4) is 0 Å². The Hall–Kier alpha value is -1.39. The lowest BCUT2D eigenvalue weighted by molar-refractivity contribution is -0.116. The summed E-state index contributed by atoms with van der Waals surface area (Å²) in [7, 11) is 0. The van der Waals surface area contributed by atoms with Crippen LogP contribution >= 0.6 is 0 Å². The number of hydrogen-bond acceptors (Lipinski definition) is 3. The van der Waals surface area contributed by atoms with Crippen molar-refractivity contribution >= 4 is 11.6 Å². The molecule has 0 aliphatic heterocycles. The van der Waals surface area contributed by atoms with Crippen LogP contribution in [-0.4, -0.2) is 29.7 Å². The Morgan fingerprint density at radius 2 is 1.86 bits per heavy atom. The molecule has 0 aliphatic rings. The van der Waals surface area contributed by atoms with Gasteiger partial charge in [0.25, 0.3) is 0 Å². The second-order valence-corrected chi connectivity index (χ2v) is 6.62. The molecule has 0 bridgehead atoms. The molecule has 0 aromatic heterocycles. The van der Waals surface area contributed by atoms with E-state index >= 15 is 0 Å². The Balaban J connectivity index is 2.33. The Morgan fingerprint density at radius 3 is 2.43 bits per heavy atom. The van der Waals surface area contributed by atoms with Gasteiger partial charge >= 0.3 is 0 Å². The highest BCUT2D eigenvalue weighted by Gasteiger charge is 2.21. The van der Waals surface area contributed by atoms with Gasteiger partial charge in [0.1, 0.15) is 0 Å². The molecule has 0 radical (unpaired) electrons. The lowest BCUT2D eigenvalue weighted by atomic mass is 9.86. The van der Waals surface area contributed by atoms with Gasteiger partial charge in [0.2, 0.25) is 5.91 Å². The standard InChI is InChI=1S/C17H28N2O2/c1-13(18-12-17(3,4)11-14(2)20)10-16(21)19-15-8-6-5-7-9-15/h5-9,13-14,18,20H,10-12H2,1-4H3,(H,19,21). The quantitative estimate of drug-likeness (QED) is 0.690. The summed E-state index contributed by atoms with van der Waals surface area (Å²) in [6, 6.07) is 9.57. The summed E-state index contributed by atoms with van der Waals surface area (Å²) in [6.45, 7) is 8.81. The van der Waals surface area contributed by atoms with Crippen molar-refractivity contribution in [2.75, 3.05) is 11.9 Å². The van der Waals surface area contributed by atoms with Gasteiger partial charge in [0.15, 0.2) is 0 Å². The third kappa shape index (κ3) is 7.83. The minimum absolute atomic E-state index is 0.00883. The van der Waals surface area contributed by atoms with Gasteiger partial charge < -0.3 is 15.7 Å². The van der Waals surface area contributed by atoms with Crippen LogP contribution in [0.15, 0.2) is 30.3 Å². The van der Waals surface area contributed by atoms with Gasteiger partial charge in [-0.3, -0.25) is 4.79 Å². The van der Waals surface area contributed by atoms with E-state index in [-0.39, 0.29) is 23.5 Å². The number of aliphatic hydroxyl groups is 1. The second-order valence-electron chi connectivity index (χ2n) is 6.62. The van der Waals surface area contributed by atoms with E-state index in [2.05, 4.69) is 24.5 Å². The van der Waals surface area contributed by atoms with Gasteiger partial charge in [0, 0.05) is 24.7 Å². The molecule has 0 saturated carbocycles. The first kappa shape index (κ1) is 17.7. The highest BCUT2D eigenvalue weighted by molar-refractivity contribution is 5.90. The summed E-state index contributed by atoms with van der Waals surface area (Å²) in [6.07, 6.45) is 0.862. The zero-order valence-corrected chi connectivity index (χ0v) is 13.5. The van der Waals surface area contributed by atoms with E-state index in [4.69, 9.17) is 0 Å². The molecule has 4 heteroatoms. The molecular weight excluding hydrogens is 264 g/mol. The van der Waals surface area contributed by atoms with Crippen molar-refractivity contribution in [3.63, 3.8) is 0 Å². The monoisotopic (exact) mass is 292 g/mol. The summed E-state index contributed by atoms with van der Waals surface area (Å²) < 4.78 is 0. The number of amides is 1. The van der Waals surface area contributed by atoms with Crippen LogP contribution in [0, 0.1) is 5.41 Å². The highest BCUT2D eigenvalue weighted by atomic mass is 16.3. The molecule has 118 valence electrons. The lowest BCUT2D eigenvalue weighted by Gasteiger charge is -2.28. The average Bonchev–Trinajstić information content (AvgIpc) is 2.36. The number of benzene rings is 1. The summed E-state index contributed by atoms with van der Waals surface area (Å²) >= 11 is 0. The number of rotatable bonds is 8. The SMILES string of the molecule is CC(O)CC(C)(C)CNC(C)CC(=O)Nc1ccccc1. The topological polar surface area (TPSA) is 61.4 Å². The van der Waals surface area contributed by atoms with Crippen LogP contribution < -0.4 is 10.6 Å². The molecule has 1 aromatic carbocycles. The van der Waals surface area contributed by atoms with Crippen LogP contribution in [0.25, 0.3) is 0 Å². The predicted octanol–water partition coefficient (Wildman–Crippen LogP) is 2.79. The number of para-hydroxylation sites is 1. The Bertz CT molecular complexity index is 430. The number of anilines is 1. The molecule has 4 nitrogen and oxygen atoms in total. The van der Waals surface area contributed by atoms with Gasteiger partial charge in [0.05, 0.1) is 6.10 Å². The molecule has 1 aromatic rings. The number of aliphatic hydroxyl groups excluding tert-OH is 1. The maximum Gasteiger partial charge on any atom is 0.225 e.